The van der Waals surface area contributed by atoms with Crippen molar-refractivity contribution in [2.75, 3.05) is 17.7 Å². The molecule has 0 aliphatic rings. The number of carbonyl (C=O) groups excluding carboxylic acids is 1. The largest absolute Gasteiger partial charge is 0.398 e. The Hall–Kier alpha value is -2.29. The van der Waals surface area contributed by atoms with Crippen LogP contribution < -0.4 is 10.6 Å². The third-order valence-electron chi connectivity index (χ3n) is 3.48. The van der Waals surface area contributed by atoms with Crippen molar-refractivity contribution in [1.82, 2.24) is 0 Å². The van der Waals surface area contributed by atoms with Crippen LogP contribution in [0, 0.1) is 6.92 Å². The minimum Gasteiger partial charge on any atom is -0.398 e. The van der Waals surface area contributed by atoms with E-state index in [4.69, 9.17) is 5.73 Å². The van der Waals surface area contributed by atoms with Gasteiger partial charge in [-0.1, -0.05) is 30.7 Å². The van der Waals surface area contributed by atoms with Crippen LogP contribution in [0.1, 0.15) is 28.4 Å². The number of nitrogens with zero attached hydrogens (tertiary/aromatic N) is 1. The molecular formula is C17H20N2O. The van der Waals surface area contributed by atoms with E-state index in [0.717, 1.165) is 17.7 Å². The van der Waals surface area contributed by atoms with Crippen molar-refractivity contribution in [3.63, 3.8) is 0 Å². The molecule has 0 aliphatic carbocycles. The number of carbonyl (C=O) groups is 1. The van der Waals surface area contributed by atoms with Crippen LogP contribution in [0.2, 0.25) is 0 Å². The van der Waals surface area contributed by atoms with E-state index in [1.54, 1.807) is 18.0 Å². The van der Waals surface area contributed by atoms with Crippen LogP contribution in [-0.4, -0.2) is 13.0 Å². The average Bonchev–Trinajstić information content (AvgIpc) is 2.48. The fraction of sp³-hybridized carbons (Fsp3) is 0.235. The summed E-state index contributed by atoms with van der Waals surface area (Å²) in [4.78, 5) is 14.1. The molecule has 0 heterocycles. The molecule has 0 saturated heterocycles. The van der Waals surface area contributed by atoms with E-state index in [1.807, 2.05) is 43.3 Å². The van der Waals surface area contributed by atoms with Gasteiger partial charge in [0.25, 0.3) is 5.91 Å². The van der Waals surface area contributed by atoms with Crippen LogP contribution in [0.3, 0.4) is 0 Å². The van der Waals surface area contributed by atoms with E-state index >= 15 is 0 Å². The van der Waals surface area contributed by atoms with Gasteiger partial charge in [-0.05, 0) is 43.2 Å². The SMILES string of the molecule is CCc1ccc(N(C)C(=O)c2cc(C)ccc2N)cc1. The highest BCUT2D eigenvalue weighted by atomic mass is 16.2. The minimum atomic E-state index is -0.0875. The molecule has 20 heavy (non-hydrogen) atoms. The Morgan fingerprint density at radius 1 is 1.15 bits per heavy atom. The molecule has 0 atom stereocenters. The average molecular weight is 268 g/mol. The maximum atomic E-state index is 12.5. The van der Waals surface area contributed by atoms with E-state index in [1.165, 1.54) is 5.56 Å². The zero-order chi connectivity index (χ0) is 14.7. The van der Waals surface area contributed by atoms with E-state index in [2.05, 4.69) is 6.92 Å². The quantitative estimate of drug-likeness (QED) is 0.867. The van der Waals surface area contributed by atoms with Crippen molar-refractivity contribution in [2.24, 2.45) is 0 Å². The van der Waals surface area contributed by atoms with Gasteiger partial charge in [0.2, 0.25) is 0 Å². The Morgan fingerprint density at radius 2 is 1.80 bits per heavy atom. The standard InChI is InChI=1S/C17H20N2O/c1-4-13-6-8-14(9-7-13)19(3)17(20)15-11-12(2)5-10-16(15)18/h5-11H,4,18H2,1-3H3. The molecule has 3 nitrogen and oxygen atoms in total. The molecule has 0 aromatic heterocycles. The summed E-state index contributed by atoms with van der Waals surface area (Å²) in [6, 6.07) is 13.5. The number of hydrogen-bond donors (Lipinski definition) is 1. The van der Waals surface area contributed by atoms with Crippen molar-refractivity contribution >= 4 is 17.3 Å². The van der Waals surface area contributed by atoms with Crippen LogP contribution >= 0.6 is 0 Å². The molecule has 2 aromatic carbocycles. The first-order valence-corrected chi connectivity index (χ1v) is 6.76. The number of nitrogen functional groups attached to an aromatic ring is 1. The second-order valence-electron chi connectivity index (χ2n) is 4.97. The zero-order valence-corrected chi connectivity index (χ0v) is 12.2. The summed E-state index contributed by atoms with van der Waals surface area (Å²) in [6.07, 6.45) is 0.989. The highest BCUT2D eigenvalue weighted by Gasteiger charge is 2.16. The molecule has 2 aromatic rings. The Kier molecular flexibility index (Phi) is 4.08. The first-order chi connectivity index (χ1) is 9.52. The van der Waals surface area contributed by atoms with Gasteiger partial charge in [-0.3, -0.25) is 4.79 Å². The lowest BCUT2D eigenvalue weighted by Crippen LogP contribution is -2.27. The molecule has 2 rings (SSSR count). The van der Waals surface area contributed by atoms with E-state index in [0.29, 0.717) is 11.3 Å². The third kappa shape index (κ3) is 2.82. The molecule has 2 N–H and O–H groups in total. The number of aryl methyl sites for hydroxylation is 2. The summed E-state index contributed by atoms with van der Waals surface area (Å²) in [7, 11) is 1.77. The number of hydrogen-bond acceptors (Lipinski definition) is 2. The summed E-state index contributed by atoms with van der Waals surface area (Å²) < 4.78 is 0. The summed E-state index contributed by atoms with van der Waals surface area (Å²) in [5, 5.41) is 0. The normalized spacial score (nSPS) is 10.3. The molecule has 1 amide bonds. The lowest BCUT2D eigenvalue weighted by atomic mass is 10.1. The topological polar surface area (TPSA) is 46.3 Å². The molecule has 0 radical (unpaired) electrons. The van der Waals surface area contributed by atoms with Gasteiger partial charge in [-0.15, -0.1) is 0 Å². The van der Waals surface area contributed by atoms with E-state index in [-0.39, 0.29) is 5.91 Å². The summed E-state index contributed by atoms with van der Waals surface area (Å²) >= 11 is 0. The third-order valence-corrected chi connectivity index (χ3v) is 3.48. The predicted octanol–water partition coefficient (Wildman–Crippen LogP) is 3.42. The van der Waals surface area contributed by atoms with Gasteiger partial charge in [0.15, 0.2) is 0 Å². The van der Waals surface area contributed by atoms with Crippen molar-refractivity contribution in [3.05, 3.63) is 59.2 Å². The second kappa shape index (κ2) is 5.78. The van der Waals surface area contributed by atoms with Gasteiger partial charge in [0.1, 0.15) is 0 Å². The van der Waals surface area contributed by atoms with Crippen molar-refractivity contribution in [3.8, 4) is 0 Å². The second-order valence-corrected chi connectivity index (χ2v) is 4.97. The predicted molar refractivity (Wildman–Crippen MR) is 84.1 cm³/mol. The lowest BCUT2D eigenvalue weighted by molar-refractivity contribution is 0.0994. The molecule has 0 fully saturated rings. The monoisotopic (exact) mass is 268 g/mol. The zero-order valence-electron chi connectivity index (χ0n) is 12.2. The molecule has 0 saturated carbocycles. The number of amides is 1. The molecule has 0 unspecified atom stereocenters. The minimum absolute atomic E-state index is 0.0875. The fourth-order valence-corrected chi connectivity index (χ4v) is 2.11. The fourth-order valence-electron chi connectivity index (χ4n) is 2.11. The van der Waals surface area contributed by atoms with Crippen molar-refractivity contribution in [1.29, 1.82) is 0 Å². The number of benzene rings is 2. The number of anilines is 2. The highest BCUT2D eigenvalue weighted by molar-refractivity contribution is 6.09. The Labute approximate surface area is 120 Å². The maximum absolute atomic E-state index is 12.5. The highest BCUT2D eigenvalue weighted by Crippen LogP contribution is 2.20. The number of rotatable bonds is 3. The lowest BCUT2D eigenvalue weighted by Gasteiger charge is -2.19. The van der Waals surface area contributed by atoms with Crippen LogP contribution in [0.4, 0.5) is 11.4 Å². The van der Waals surface area contributed by atoms with E-state index < -0.39 is 0 Å². The molecule has 0 aliphatic heterocycles. The summed E-state index contributed by atoms with van der Waals surface area (Å²) in [5.41, 5.74) is 10.1. The maximum Gasteiger partial charge on any atom is 0.260 e. The Morgan fingerprint density at radius 3 is 2.40 bits per heavy atom. The van der Waals surface area contributed by atoms with Crippen LogP contribution in [0.15, 0.2) is 42.5 Å². The molecule has 0 bridgehead atoms. The molecule has 0 spiro atoms. The van der Waals surface area contributed by atoms with E-state index in [9.17, 15) is 4.79 Å². The Balaban J connectivity index is 2.29. The van der Waals surface area contributed by atoms with Gasteiger partial charge in [0.05, 0.1) is 5.56 Å². The van der Waals surface area contributed by atoms with Crippen LogP contribution in [0.5, 0.6) is 0 Å². The molecule has 104 valence electrons. The first kappa shape index (κ1) is 14.1. The van der Waals surface area contributed by atoms with Gasteiger partial charge in [0, 0.05) is 18.4 Å². The van der Waals surface area contributed by atoms with Gasteiger partial charge >= 0.3 is 0 Å². The van der Waals surface area contributed by atoms with Crippen LogP contribution in [0.25, 0.3) is 0 Å². The smallest absolute Gasteiger partial charge is 0.260 e. The van der Waals surface area contributed by atoms with Crippen molar-refractivity contribution < 1.29 is 4.79 Å². The van der Waals surface area contributed by atoms with Crippen LogP contribution in [-0.2, 0) is 6.42 Å². The molecule has 3 heteroatoms. The van der Waals surface area contributed by atoms with Gasteiger partial charge < -0.3 is 10.6 Å². The van der Waals surface area contributed by atoms with Gasteiger partial charge in [-0.2, -0.15) is 0 Å². The summed E-state index contributed by atoms with van der Waals surface area (Å²) in [5.74, 6) is -0.0875. The first-order valence-electron chi connectivity index (χ1n) is 6.76. The van der Waals surface area contributed by atoms with Crippen molar-refractivity contribution in [2.45, 2.75) is 20.3 Å². The molecular weight excluding hydrogens is 248 g/mol. The number of nitrogens with two attached hydrogens (primary N) is 1. The van der Waals surface area contributed by atoms with Gasteiger partial charge in [-0.25, -0.2) is 0 Å². The summed E-state index contributed by atoms with van der Waals surface area (Å²) in [6.45, 7) is 4.06. The Bertz CT molecular complexity index is 617.